The molecule has 0 aliphatic carbocycles. The average molecular weight is 359 g/mol. The molecule has 1 saturated heterocycles. The van der Waals surface area contributed by atoms with E-state index in [0.717, 1.165) is 4.90 Å². The molecule has 1 unspecified atom stereocenters. The average Bonchev–Trinajstić information content (AvgIpc) is 2.60. The van der Waals surface area contributed by atoms with Crippen LogP contribution in [0.25, 0.3) is 0 Å². The van der Waals surface area contributed by atoms with Gasteiger partial charge in [0.1, 0.15) is 9.85 Å². The number of halogens is 3. The summed E-state index contributed by atoms with van der Waals surface area (Å²) in [5, 5.41) is -1.44. The maximum atomic E-state index is 12.8. The van der Waals surface area contributed by atoms with Crippen LogP contribution in [0.15, 0.2) is 10.8 Å². The van der Waals surface area contributed by atoms with Crippen molar-refractivity contribution in [2.45, 2.75) is 11.7 Å². The highest BCUT2D eigenvalue weighted by Gasteiger charge is 2.40. The number of hydrogen-bond acceptors (Lipinski definition) is 5. The highest BCUT2D eigenvalue weighted by atomic mass is 79.9. The molecule has 0 saturated carbocycles. The van der Waals surface area contributed by atoms with Gasteiger partial charge in [-0.1, -0.05) is 11.6 Å². The second-order valence-electron chi connectivity index (χ2n) is 3.61. The molecule has 1 aliphatic rings. The van der Waals surface area contributed by atoms with Crippen molar-refractivity contribution in [3.63, 3.8) is 0 Å². The van der Waals surface area contributed by atoms with Gasteiger partial charge in [0.2, 0.25) is 5.91 Å². The zero-order valence-corrected chi connectivity index (χ0v) is 11.8. The molecule has 0 bridgehead atoms. The summed E-state index contributed by atoms with van der Waals surface area (Å²) in [6.45, 7) is -0.312. The Bertz CT molecular complexity index is 612. The molecule has 0 radical (unpaired) electrons. The molecule has 1 aliphatic heterocycles. The molecule has 10 heteroatoms. The highest BCUT2D eigenvalue weighted by Crippen LogP contribution is 2.29. The van der Waals surface area contributed by atoms with Crippen LogP contribution < -0.4 is 4.90 Å². The third kappa shape index (κ3) is 2.62. The van der Waals surface area contributed by atoms with Gasteiger partial charge < -0.3 is 0 Å². The molecular formula is C8H6BrClFN3O3S. The van der Waals surface area contributed by atoms with Gasteiger partial charge in [-0.15, -0.1) is 3.89 Å². The van der Waals surface area contributed by atoms with Gasteiger partial charge in [-0.2, -0.15) is 8.42 Å². The van der Waals surface area contributed by atoms with E-state index in [4.69, 9.17) is 11.6 Å². The van der Waals surface area contributed by atoms with E-state index in [9.17, 15) is 17.1 Å². The monoisotopic (exact) mass is 357 g/mol. The molecule has 1 aromatic rings. The molecule has 2 heterocycles. The highest BCUT2D eigenvalue weighted by molar-refractivity contribution is 9.10. The summed E-state index contributed by atoms with van der Waals surface area (Å²) in [6, 6.07) is 0. The van der Waals surface area contributed by atoms with Crippen LogP contribution in [0.2, 0.25) is 5.15 Å². The van der Waals surface area contributed by atoms with Gasteiger partial charge in [0.05, 0.1) is 6.20 Å². The standard InChI is InChI=1S/C8H6BrClFN3O3S/c9-5-2-12-8(7(10)13-5)14-3-4(1-6(14)15)18(11,16)17/h2,4H,1,3H2. The van der Waals surface area contributed by atoms with Crippen LogP contribution in [0.4, 0.5) is 9.70 Å². The van der Waals surface area contributed by atoms with E-state index in [1.807, 2.05) is 0 Å². The van der Waals surface area contributed by atoms with Gasteiger partial charge in [-0.05, 0) is 15.9 Å². The zero-order chi connectivity index (χ0) is 13.5. The first-order valence-electron chi connectivity index (χ1n) is 4.71. The number of amides is 1. The normalized spacial score (nSPS) is 20.5. The lowest BCUT2D eigenvalue weighted by Gasteiger charge is -2.15. The van der Waals surface area contributed by atoms with Crippen LogP contribution in [0.3, 0.4) is 0 Å². The Morgan fingerprint density at radius 3 is 2.72 bits per heavy atom. The van der Waals surface area contributed by atoms with E-state index in [2.05, 4.69) is 25.9 Å². The van der Waals surface area contributed by atoms with Crippen molar-refractivity contribution in [1.82, 2.24) is 9.97 Å². The SMILES string of the molecule is O=C1CC(S(=O)(=O)F)CN1c1ncc(Br)nc1Cl. The van der Waals surface area contributed by atoms with Crippen LogP contribution in [-0.4, -0.2) is 36.1 Å². The minimum Gasteiger partial charge on any atom is -0.293 e. The second-order valence-corrected chi connectivity index (χ2v) is 6.40. The van der Waals surface area contributed by atoms with E-state index in [0.29, 0.717) is 4.60 Å². The maximum Gasteiger partial charge on any atom is 0.307 e. The number of carbonyl (C=O) groups excluding carboxylic acids is 1. The molecule has 2 rings (SSSR count). The first-order chi connectivity index (χ1) is 8.29. The lowest BCUT2D eigenvalue weighted by Crippen LogP contribution is -2.28. The van der Waals surface area contributed by atoms with Gasteiger partial charge in [-0.25, -0.2) is 9.97 Å². The molecule has 1 atom stereocenters. The Balaban J connectivity index is 2.33. The number of nitrogens with zero attached hydrogens (tertiary/aromatic N) is 3. The smallest absolute Gasteiger partial charge is 0.293 e. The Hall–Kier alpha value is -0.800. The topological polar surface area (TPSA) is 80.2 Å². The van der Waals surface area contributed by atoms with Crippen LogP contribution in [0.5, 0.6) is 0 Å². The molecule has 6 nitrogen and oxygen atoms in total. The number of anilines is 1. The van der Waals surface area contributed by atoms with Crippen molar-refractivity contribution in [3.05, 3.63) is 16.0 Å². The zero-order valence-electron chi connectivity index (χ0n) is 8.68. The minimum atomic E-state index is -4.76. The lowest BCUT2D eigenvalue weighted by atomic mass is 10.4. The quantitative estimate of drug-likeness (QED) is 0.744. The summed E-state index contributed by atoms with van der Waals surface area (Å²) in [4.78, 5) is 20.3. The van der Waals surface area contributed by atoms with Crippen molar-refractivity contribution in [1.29, 1.82) is 0 Å². The summed E-state index contributed by atoms with van der Waals surface area (Å²) in [5.41, 5.74) is 0. The molecule has 1 aromatic heterocycles. The number of carbonyl (C=O) groups is 1. The van der Waals surface area contributed by atoms with Crippen molar-refractivity contribution in [2.75, 3.05) is 11.4 Å². The fraction of sp³-hybridized carbons (Fsp3) is 0.375. The van der Waals surface area contributed by atoms with E-state index >= 15 is 0 Å². The van der Waals surface area contributed by atoms with E-state index in [1.54, 1.807) is 0 Å². The van der Waals surface area contributed by atoms with Crippen molar-refractivity contribution in [2.24, 2.45) is 0 Å². The van der Waals surface area contributed by atoms with Gasteiger partial charge >= 0.3 is 10.2 Å². The number of hydrogen-bond donors (Lipinski definition) is 0. The third-order valence-electron chi connectivity index (χ3n) is 2.43. The maximum absolute atomic E-state index is 12.8. The summed E-state index contributed by atoms with van der Waals surface area (Å²) >= 11 is 8.84. The molecule has 18 heavy (non-hydrogen) atoms. The molecule has 0 aromatic carbocycles. The predicted octanol–water partition coefficient (Wildman–Crippen LogP) is 1.30. The molecule has 1 amide bonds. The van der Waals surface area contributed by atoms with Gasteiger partial charge in [-0.3, -0.25) is 9.69 Å². The first kappa shape index (κ1) is 13.6. The Morgan fingerprint density at radius 1 is 1.56 bits per heavy atom. The summed E-state index contributed by atoms with van der Waals surface area (Å²) in [7, 11) is -4.76. The Morgan fingerprint density at radius 2 is 2.22 bits per heavy atom. The largest absolute Gasteiger partial charge is 0.307 e. The Labute approximate surface area is 116 Å². The second kappa shape index (κ2) is 4.71. The van der Waals surface area contributed by atoms with E-state index < -0.39 is 27.8 Å². The minimum absolute atomic E-state index is 0.0241. The fourth-order valence-electron chi connectivity index (χ4n) is 1.59. The van der Waals surface area contributed by atoms with E-state index in [1.165, 1.54) is 6.20 Å². The van der Waals surface area contributed by atoms with Crippen LogP contribution >= 0.6 is 27.5 Å². The van der Waals surface area contributed by atoms with Crippen molar-refractivity contribution in [3.8, 4) is 0 Å². The molecule has 1 fully saturated rings. The predicted molar refractivity (Wildman–Crippen MR) is 65.5 cm³/mol. The molecular weight excluding hydrogens is 353 g/mol. The molecule has 98 valence electrons. The van der Waals surface area contributed by atoms with Crippen molar-refractivity contribution >= 4 is 49.5 Å². The van der Waals surface area contributed by atoms with Gasteiger partial charge in [0.25, 0.3) is 0 Å². The number of rotatable bonds is 2. The van der Waals surface area contributed by atoms with E-state index in [-0.39, 0.29) is 17.5 Å². The molecule has 0 spiro atoms. The van der Waals surface area contributed by atoms with Crippen molar-refractivity contribution < 1.29 is 17.1 Å². The first-order valence-corrected chi connectivity index (χ1v) is 7.32. The third-order valence-corrected chi connectivity index (χ3v) is 4.17. The summed E-state index contributed by atoms with van der Waals surface area (Å²) < 4.78 is 34.8. The van der Waals surface area contributed by atoms with Crippen LogP contribution in [0, 0.1) is 0 Å². The lowest BCUT2D eigenvalue weighted by molar-refractivity contribution is -0.117. The molecule has 0 N–H and O–H groups in total. The summed E-state index contributed by atoms with van der Waals surface area (Å²) in [6.07, 6.45) is 0.888. The van der Waals surface area contributed by atoms with Gasteiger partial charge in [0, 0.05) is 13.0 Å². The van der Waals surface area contributed by atoms with Crippen LogP contribution in [0.1, 0.15) is 6.42 Å². The summed E-state index contributed by atoms with van der Waals surface area (Å²) in [5.74, 6) is -0.532. The fourth-order valence-corrected chi connectivity index (χ4v) is 2.88. The Kier molecular flexibility index (Phi) is 3.56. The number of aromatic nitrogens is 2. The van der Waals surface area contributed by atoms with Crippen LogP contribution in [-0.2, 0) is 15.0 Å². The van der Waals surface area contributed by atoms with Gasteiger partial charge in [0.15, 0.2) is 11.0 Å².